The minimum Gasteiger partial charge on any atom is -0.312 e. The molecule has 2 aromatic heterocycles. The zero-order valence-electron chi connectivity index (χ0n) is 8.82. The minimum atomic E-state index is 0.994. The van der Waals surface area contributed by atoms with Crippen molar-refractivity contribution >= 4 is 22.7 Å². The highest BCUT2D eigenvalue weighted by molar-refractivity contribution is 7.10. The largest absolute Gasteiger partial charge is 0.312 e. The van der Waals surface area contributed by atoms with E-state index in [4.69, 9.17) is 0 Å². The maximum absolute atomic E-state index is 3.47. The van der Waals surface area contributed by atoms with Gasteiger partial charge in [0.1, 0.15) is 0 Å². The van der Waals surface area contributed by atoms with Gasteiger partial charge in [0.05, 0.1) is 0 Å². The lowest BCUT2D eigenvalue weighted by molar-refractivity contribution is 0.691. The first-order valence-electron chi connectivity index (χ1n) is 5.11. The number of aryl methyl sites for hydroxylation is 1. The number of hydrogen-bond acceptors (Lipinski definition) is 3. The lowest BCUT2D eigenvalue weighted by atomic mass is 10.2. The smallest absolute Gasteiger partial charge is 0.0213 e. The number of nitrogens with one attached hydrogen (secondary N) is 1. The molecule has 0 aromatic carbocycles. The standard InChI is InChI=1S/C12H15NS2/c1-10-3-7-15-12(10)2-5-13-8-11-4-6-14-9-11/h3-4,6-7,9,13H,2,5,8H2,1H3. The molecule has 15 heavy (non-hydrogen) atoms. The van der Waals surface area contributed by atoms with Gasteiger partial charge in [-0.25, -0.2) is 0 Å². The SMILES string of the molecule is Cc1ccsc1CCNCc1ccsc1. The highest BCUT2D eigenvalue weighted by Gasteiger charge is 1.99. The van der Waals surface area contributed by atoms with Gasteiger partial charge < -0.3 is 5.32 Å². The molecule has 3 heteroatoms. The second-order valence-corrected chi connectivity index (χ2v) is 5.37. The number of rotatable bonds is 5. The van der Waals surface area contributed by atoms with Crippen molar-refractivity contribution in [1.29, 1.82) is 0 Å². The lowest BCUT2D eigenvalue weighted by Crippen LogP contribution is -2.16. The van der Waals surface area contributed by atoms with Gasteiger partial charge in [-0.1, -0.05) is 0 Å². The van der Waals surface area contributed by atoms with Gasteiger partial charge >= 0.3 is 0 Å². The average molecular weight is 237 g/mol. The van der Waals surface area contributed by atoms with Gasteiger partial charge in [-0.05, 0) is 52.7 Å². The molecule has 0 spiro atoms. The normalized spacial score (nSPS) is 10.7. The third-order valence-corrected chi connectivity index (χ3v) is 4.22. The average Bonchev–Trinajstić information content (AvgIpc) is 2.85. The molecule has 0 bridgehead atoms. The van der Waals surface area contributed by atoms with Crippen molar-refractivity contribution in [3.63, 3.8) is 0 Å². The molecular weight excluding hydrogens is 222 g/mol. The maximum Gasteiger partial charge on any atom is 0.0213 e. The van der Waals surface area contributed by atoms with Gasteiger partial charge in [0, 0.05) is 18.0 Å². The topological polar surface area (TPSA) is 12.0 Å². The Hall–Kier alpha value is -0.640. The summed E-state index contributed by atoms with van der Waals surface area (Å²) in [7, 11) is 0. The maximum atomic E-state index is 3.47. The summed E-state index contributed by atoms with van der Waals surface area (Å²) < 4.78 is 0. The van der Waals surface area contributed by atoms with Crippen molar-refractivity contribution < 1.29 is 0 Å². The van der Waals surface area contributed by atoms with Gasteiger partial charge in [0.15, 0.2) is 0 Å². The number of hydrogen-bond donors (Lipinski definition) is 1. The fraction of sp³-hybridized carbons (Fsp3) is 0.333. The van der Waals surface area contributed by atoms with E-state index in [1.807, 2.05) is 11.3 Å². The van der Waals surface area contributed by atoms with Gasteiger partial charge in [-0.2, -0.15) is 11.3 Å². The summed E-state index contributed by atoms with van der Waals surface area (Å²) in [5.41, 5.74) is 2.82. The Kier molecular flexibility index (Phi) is 3.94. The van der Waals surface area contributed by atoms with E-state index in [-0.39, 0.29) is 0 Å². The molecule has 0 amide bonds. The van der Waals surface area contributed by atoms with E-state index in [0.717, 1.165) is 19.5 Å². The van der Waals surface area contributed by atoms with E-state index in [0.29, 0.717) is 0 Å². The second-order valence-electron chi connectivity index (χ2n) is 3.59. The Balaban J connectivity index is 1.70. The molecule has 1 N–H and O–H groups in total. The van der Waals surface area contributed by atoms with Gasteiger partial charge in [-0.15, -0.1) is 11.3 Å². The first-order chi connectivity index (χ1) is 7.36. The Bertz CT molecular complexity index is 389. The molecule has 0 fully saturated rings. The minimum absolute atomic E-state index is 0.994. The highest BCUT2D eigenvalue weighted by atomic mass is 32.1. The van der Waals surface area contributed by atoms with Crippen molar-refractivity contribution in [3.05, 3.63) is 44.3 Å². The van der Waals surface area contributed by atoms with Crippen molar-refractivity contribution in [3.8, 4) is 0 Å². The van der Waals surface area contributed by atoms with Crippen molar-refractivity contribution in [2.24, 2.45) is 0 Å². The summed E-state index contributed by atoms with van der Waals surface area (Å²) in [5.74, 6) is 0. The monoisotopic (exact) mass is 237 g/mol. The molecule has 2 rings (SSSR count). The quantitative estimate of drug-likeness (QED) is 0.785. The van der Waals surface area contributed by atoms with E-state index < -0.39 is 0 Å². The molecule has 0 aliphatic heterocycles. The van der Waals surface area contributed by atoms with Crippen molar-refractivity contribution in [2.45, 2.75) is 19.9 Å². The second kappa shape index (κ2) is 5.45. The van der Waals surface area contributed by atoms with Crippen LogP contribution in [0, 0.1) is 6.92 Å². The molecule has 0 atom stereocenters. The van der Waals surface area contributed by atoms with Crippen LogP contribution in [0.3, 0.4) is 0 Å². The Morgan fingerprint density at radius 2 is 2.20 bits per heavy atom. The van der Waals surface area contributed by atoms with Crippen LogP contribution in [0.15, 0.2) is 28.3 Å². The molecule has 2 heterocycles. The van der Waals surface area contributed by atoms with Crippen LogP contribution >= 0.6 is 22.7 Å². The Morgan fingerprint density at radius 1 is 1.27 bits per heavy atom. The van der Waals surface area contributed by atoms with E-state index >= 15 is 0 Å². The molecule has 0 saturated carbocycles. The fourth-order valence-electron chi connectivity index (χ4n) is 1.49. The molecule has 0 aliphatic carbocycles. The molecular formula is C12H15NS2. The van der Waals surface area contributed by atoms with E-state index in [1.165, 1.54) is 16.0 Å². The first kappa shape index (κ1) is 10.9. The van der Waals surface area contributed by atoms with E-state index in [9.17, 15) is 0 Å². The summed E-state index contributed by atoms with van der Waals surface area (Å²) in [6, 6.07) is 4.37. The molecule has 0 saturated heterocycles. The summed E-state index contributed by atoms with van der Waals surface area (Å²) in [4.78, 5) is 1.51. The predicted molar refractivity (Wildman–Crippen MR) is 68.8 cm³/mol. The first-order valence-corrected chi connectivity index (χ1v) is 6.93. The summed E-state index contributed by atoms with van der Waals surface area (Å²) >= 11 is 3.62. The summed E-state index contributed by atoms with van der Waals surface area (Å²) in [5, 5.41) is 9.96. The number of thiophene rings is 2. The highest BCUT2D eigenvalue weighted by Crippen LogP contribution is 2.15. The molecule has 80 valence electrons. The van der Waals surface area contributed by atoms with Gasteiger partial charge in [0.25, 0.3) is 0 Å². The van der Waals surface area contributed by atoms with Crippen LogP contribution in [0.1, 0.15) is 16.0 Å². The summed E-state index contributed by atoms with van der Waals surface area (Å²) in [6.07, 6.45) is 1.15. The van der Waals surface area contributed by atoms with Crippen LogP contribution in [0.5, 0.6) is 0 Å². The zero-order chi connectivity index (χ0) is 10.5. The molecule has 0 aliphatic rings. The van der Waals surface area contributed by atoms with E-state index in [1.54, 1.807) is 11.3 Å². The van der Waals surface area contributed by atoms with Gasteiger partial charge in [-0.3, -0.25) is 0 Å². The Morgan fingerprint density at radius 3 is 2.87 bits per heavy atom. The van der Waals surface area contributed by atoms with Crippen LogP contribution in [0.2, 0.25) is 0 Å². The van der Waals surface area contributed by atoms with Crippen molar-refractivity contribution in [2.75, 3.05) is 6.54 Å². The Labute approximate surface area is 98.8 Å². The van der Waals surface area contributed by atoms with Crippen LogP contribution in [0.25, 0.3) is 0 Å². The summed E-state index contributed by atoms with van der Waals surface area (Å²) in [6.45, 7) is 4.25. The predicted octanol–water partition coefficient (Wildman–Crippen LogP) is 3.45. The molecule has 1 nitrogen and oxygen atoms in total. The molecule has 0 radical (unpaired) electrons. The van der Waals surface area contributed by atoms with Crippen LogP contribution in [-0.4, -0.2) is 6.54 Å². The van der Waals surface area contributed by atoms with Crippen LogP contribution in [0.4, 0.5) is 0 Å². The third kappa shape index (κ3) is 3.16. The van der Waals surface area contributed by atoms with Crippen LogP contribution in [-0.2, 0) is 13.0 Å². The molecule has 0 unspecified atom stereocenters. The molecule has 2 aromatic rings. The van der Waals surface area contributed by atoms with Gasteiger partial charge in [0.2, 0.25) is 0 Å². The third-order valence-electron chi connectivity index (χ3n) is 2.41. The zero-order valence-corrected chi connectivity index (χ0v) is 10.5. The fourth-order valence-corrected chi connectivity index (χ4v) is 3.07. The van der Waals surface area contributed by atoms with Crippen LogP contribution < -0.4 is 5.32 Å². The van der Waals surface area contributed by atoms with Crippen molar-refractivity contribution in [1.82, 2.24) is 5.32 Å². The van der Waals surface area contributed by atoms with E-state index in [2.05, 4.69) is 40.5 Å². The lowest BCUT2D eigenvalue weighted by Gasteiger charge is -2.02.